The zero-order chi connectivity index (χ0) is 12.0. The first-order chi connectivity index (χ1) is 7.54. The molecular formula is C10H13F3N2O. The summed E-state index contributed by atoms with van der Waals surface area (Å²) >= 11 is 0. The maximum absolute atomic E-state index is 12.3. The third-order valence-corrected chi connectivity index (χ3v) is 1.87. The molecule has 0 amide bonds. The van der Waals surface area contributed by atoms with Gasteiger partial charge in [-0.2, -0.15) is 13.2 Å². The van der Waals surface area contributed by atoms with Gasteiger partial charge in [0.2, 0.25) is 0 Å². The molecule has 1 N–H and O–H groups in total. The van der Waals surface area contributed by atoms with Crippen LogP contribution in [0.2, 0.25) is 0 Å². The lowest BCUT2D eigenvalue weighted by Crippen LogP contribution is -2.11. The minimum atomic E-state index is -4.40. The molecule has 0 aliphatic rings. The number of nitrogens with zero attached hydrogens (tertiary/aromatic N) is 1. The van der Waals surface area contributed by atoms with Gasteiger partial charge in [0.1, 0.15) is 11.5 Å². The number of nitrogens with one attached hydrogen (secondary N) is 1. The van der Waals surface area contributed by atoms with E-state index in [0.717, 1.165) is 6.07 Å². The Balaban J connectivity index is 2.54. The van der Waals surface area contributed by atoms with Crippen molar-refractivity contribution in [2.75, 3.05) is 25.6 Å². The predicted molar refractivity (Wildman–Crippen MR) is 54.2 cm³/mol. The van der Waals surface area contributed by atoms with Gasteiger partial charge in [0.05, 0.1) is 0 Å². The van der Waals surface area contributed by atoms with Crippen molar-refractivity contribution in [1.82, 2.24) is 4.98 Å². The maximum atomic E-state index is 12.3. The third kappa shape index (κ3) is 4.06. The molecule has 0 bridgehead atoms. The molecule has 0 unspecified atom stereocenters. The molecule has 1 rings (SSSR count). The van der Waals surface area contributed by atoms with E-state index in [-0.39, 0.29) is 5.82 Å². The van der Waals surface area contributed by atoms with Crippen LogP contribution in [0.4, 0.5) is 19.0 Å². The zero-order valence-corrected chi connectivity index (χ0v) is 8.84. The summed E-state index contributed by atoms with van der Waals surface area (Å²) in [6.45, 7) is 1.09. The Morgan fingerprint density at radius 2 is 2.12 bits per heavy atom. The Morgan fingerprint density at radius 3 is 2.75 bits per heavy atom. The molecule has 0 aliphatic carbocycles. The second-order valence-corrected chi connectivity index (χ2v) is 3.18. The molecule has 0 aliphatic heterocycles. The van der Waals surface area contributed by atoms with Crippen LogP contribution in [-0.2, 0) is 10.9 Å². The van der Waals surface area contributed by atoms with Crippen LogP contribution in [-0.4, -0.2) is 25.2 Å². The Bertz CT molecular complexity index is 328. The average Bonchev–Trinajstić information content (AvgIpc) is 2.24. The summed E-state index contributed by atoms with van der Waals surface area (Å²) in [6, 6.07) is 3.77. The summed E-state index contributed by atoms with van der Waals surface area (Å²) in [5, 5.41) is 2.80. The number of halogens is 3. The van der Waals surface area contributed by atoms with Crippen molar-refractivity contribution < 1.29 is 17.9 Å². The van der Waals surface area contributed by atoms with E-state index in [9.17, 15) is 13.2 Å². The molecule has 0 radical (unpaired) electrons. The van der Waals surface area contributed by atoms with Crippen LogP contribution in [0, 0.1) is 0 Å². The van der Waals surface area contributed by atoms with E-state index in [2.05, 4.69) is 10.3 Å². The van der Waals surface area contributed by atoms with E-state index in [4.69, 9.17) is 4.74 Å². The highest BCUT2D eigenvalue weighted by Crippen LogP contribution is 2.27. The number of ether oxygens (including phenoxy) is 1. The van der Waals surface area contributed by atoms with E-state index in [1.165, 1.54) is 12.1 Å². The first-order valence-electron chi connectivity index (χ1n) is 4.81. The van der Waals surface area contributed by atoms with E-state index < -0.39 is 11.9 Å². The average molecular weight is 234 g/mol. The first-order valence-corrected chi connectivity index (χ1v) is 4.81. The number of anilines is 1. The molecule has 1 heterocycles. The molecule has 1 aromatic heterocycles. The Kier molecular flexibility index (Phi) is 4.54. The van der Waals surface area contributed by atoms with Crippen LogP contribution < -0.4 is 5.32 Å². The number of aromatic nitrogens is 1. The molecule has 90 valence electrons. The Hall–Kier alpha value is -1.30. The SMILES string of the molecule is COCCCNc1cccc(C(F)(F)F)n1. The van der Waals surface area contributed by atoms with Crippen molar-refractivity contribution in [2.24, 2.45) is 0 Å². The number of methoxy groups -OCH3 is 1. The first kappa shape index (κ1) is 12.8. The second kappa shape index (κ2) is 5.69. The number of hydrogen-bond acceptors (Lipinski definition) is 3. The summed E-state index contributed by atoms with van der Waals surface area (Å²) < 4.78 is 41.7. The van der Waals surface area contributed by atoms with Crippen LogP contribution in [0.25, 0.3) is 0 Å². The van der Waals surface area contributed by atoms with Crippen molar-refractivity contribution in [1.29, 1.82) is 0 Å². The van der Waals surface area contributed by atoms with E-state index in [1.807, 2.05) is 0 Å². The maximum Gasteiger partial charge on any atom is 0.433 e. The van der Waals surface area contributed by atoms with Crippen molar-refractivity contribution >= 4 is 5.82 Å². The van der Waals surface area contributed by atoms with Crippen LogP contribution in [0.3, 0.4) is 0 Å². The largest absolute Gasteiger partial charge is 0.433 e. The molecule has 0 atom stereocenters. The summed E-state index contributed by atoms with van der Waals surface area (Å²) in [7, 11) is 1.57. The fraction of sp³-hybridized carbons (Fsp3) is 0.500. The van der Waals surface area contributed by atoms with Gasteiger partial charge in [-0.25, -0.2) is 4.98 Å². The van der Waals surface area contributed by atoms with Crippen molar-refractivity contribution in [3.8, 4) is 0 Å². The molecule has 3 nitrogen and oxygen atoms in total. The smallest absolute Gasteiger partial charge is 0.385 e. The highest BCUT2D eigenvalue weighted by molar-refractivity contribution is 5.35. The van der Waals surface area contributed by atoms with Gasteiger partial charge in [0.15, 0.2) is 0 Å². The predicted octanol–water partition coefficient (Wildman–Crippen LogP) is 2.55. The topological polar surface area (TPSA) is 34.1 Å². The normalized spacial score (nSPS) is 11.5. The minimum Gasteiger partial charge on any atom is -0.385 e. The van der Waals surface area contributed by atoms with Crippen LogP contribution >= 0.6 is 0 Å². The molecule has 0 fully saturated rings. The zero-order valence-electron chi connectivity index (χ0n) is 8.84. The fourth-order valence-corrected chi connectivity index (χ4v) is 1.12. The number of pyridine rings is 1. The number of rotatable bonds is 5. The summed E-state index contributed by atoms with van der Waals surface area (Å²) in [6.07, 6.45) is -3.68. The molecule has 1 aromatic rings. The second-order valence-electron chi connectivity index (χ2n) is 3.18. The summed E-state index contributed by atoms with van der Waals surface area (Å²) in [4.78, 5) is 3.46. The lowest BCUT2D eigenvalue weighted by atomic mass is 10.3. The van der Waals surface area contributed by atoms with Gasteiger partial charge in [-0.15, -0.1) is 0 Å². The highest BCUT2D eigenvalue weighted by Gasteiger charge is 2.32. The van der Waals surface area contributed by atoms with E-state index >= 15 is 0 Å². The van der Waals surface area contributed by atoms with Crippen LogP contribution in [0.15, 0.2) is 18.2 Å². The van der Waals surface area contributed by atoms with Crippen molar-refractivity contribution in [3.63, 3.8) is 0 Å². The van der Waals surface area contributed by atoms with Gasteiger partial charge >= 0.3 is 6.18 Å². The van der Waals surface area contributed by atoms with Crippen molar-refractivity contribution in [3.05, 3.63) is 23.9 Å². The van der Waals surface area contributed by atoms with Gasteiger partial charge in [0.25, 0.3) is 0 Å². The van der Waals surface area contributed by atoms with Crippen LogP contribution in [0.5, 0.6) is 0 Å². The molecule has 16 heavy (non-hydrogen) atoms. The lowest BCUT2D eigenvalue weighted by molar-refractivity contribution is -0.141. The number of alkyl halides is 3. The quantitative estimate of drug-likeness (QED) is 0.795. The Labute approximate surface area is 91.6 Å². The van der Waals surface area contributed by atoms with Gasteiger partial charge in [-0.3, -0.25) is 0 Å². The molecule has 0 spiro atoms. The molecule has 0 saturated carbocycles. The molecular weight excluding hydrogens is 221 g/mol. The standard InChI is InChI=1S/C10H13F3N2O/c1-16-7-3-6-14-9-5-2-4-8(15-9)10(11,12)13/h2,4-5H,3,6-7H2,1H3,(H,14,15). The molecule has 0 aromatic carbocycles. The van der Waals surface area contributed by atoms with E-state index in [0.29, 0.717) is 19.6 Å². The van der Waals surface area contributed by atoms with Crippen molar-refractivity contribution in [2.45, 2.75) is 12.6 Å². The third-order valence-electron chi connectivity index (χ3n) is 1.87. The molecule has 0 saturated heterocycles. The summed E-state index contributed by atoms with van der Waals surface area (Å²) in [5.74, 6) is 0.228. The lowest BCUT2D eigenvalue weighted by Gasteiger charge is -2.09. The minimum absolute atomic E-state index is 0.228. The molecule has 6 heteroatoms. The van der Waals surface area contributed by atoms with Gasteiger partial charge in [-0.1, -0.05) is 6.07 Å². The monoisotopic (exact) mass is 234 g/mol. The van der Waals surface area contributed by atoms with Gasteiger partial charge in [-0.05, 0) is 18.6 Å². The van der Waals surface area contributed by atoms with E-state index in [1.54, 1.807) is 7.11 Å². The fourth-order valence-electron chi connectivity index (χ4n) is 1.12. The highest BCUT2D eigenvalue weighted by atomic mass is 19.4. The van der Waals surface area contributed by atoms with Gasteiger partial charge < -0.3 is 10.1 Å². The Morgan fingerprint density at radius 1 is 1.38 bits per heavy atom. The number of hydrogen-bond donors (Lipinski definition) is 1. The summed E-state index contributed by atoms with van der Waals surface area (Å²) in [5.41, 5.74) is -0.885. The van der Waals surface area contributed by atoms with Gasteiger partial charge in [0, 0.05) is 20.3 Å². The van der Waals surface area contributed by atoms with Crippen LogP contribution in [0.1, 0.15) is 12.1 Å².